The molecule has 0 saturated heterocycles. The molecule has 0 radical (unpaired) electrons. The number of methoxy groups -OCH3 is 1. The van der Waals surface area contributed by atoms with Crippen LogP contribution in [0.2, 0.25) is 0 Å². The topological polar surface area (TPSA) is 79.9 Å². The van der Waals surface area contributed by atoms with Crippen molar-refractivity contribution < 1.29 is 9.94 Å². The van der Waals surface area contributed by atoms with E-state index in [1.54, 1.807) is 7.11 Å². The molecule has 0 aliphatic heterocycles. The molecule has 0 spiro atoms. The van der Waals surface area contributed by atoms with E-state index in [0.717, 1.165) is 22.4 Å². The van der Waals surface area contributed by atoms with Gasteiger partial charge in [-0.3, -0.25) is 0 Å². The Balaban J connectivity index is 2.11. The van der Waals surface area contributed by atoms with Crippen LogP contribution < -0.4 is 11.1 Å². The number of nitrogens with zero attached hydrogens (tertiary/aromatic N) is 1. The van der Waals surface area contributed by atoms with Crippen molar-refractivity contribution in [3.05, 3.63) is 65.2 Å². The summed E-state index contributed by atoms with van der Waals surface area (Å²) >= 11 is 0. The molecule has 2 aromatic carbocycles. The van der Waals surface area contributed by atoms with Crippen molar-refractivity contribution in [2.24, 2.45) is 10.9 Å². The number of amidine groups is 1. The van der Waals surface area contributed by atoms with Crippen molar-refractivity contribution in [3.63, 3.8) is 0 Å². The molecule has 0 aliphatic carbocycles. The predicted molar refractivity (Wildman–Crippen MR) is 83.4 cm³/mol. The molecule has 0 aliphatic rings. The lowest BCUT2D eigenvalue weighted by Crippen LogP contribution is -2.16. The van der Waals surface area contributed by atoms with Gasteiger partial charge in [-0.15, -0.1) is 0 Å². The Hall–Kier alpha value is -2.53. The summed E-state index contributed by atoms with van der Waals surface area (Å²) in [6.45, 7) is 1.17. The Morgan fingerprint density at radius 1 is 1.24 bits per heavy atom. The molecule has 0 unspecified atom stereocenters. The number of oxime groups is 1. The van der Waals surface area contributed by atoms with E-state index in [9.17, 15) is 0 Å². The van der Waals surface area contributed by atoms with Gasteiger partial charge in [-0.25, -0.2) is 0 Å². The second-order valence-corrected chi connectivity index (χ2v) is 4.63. The van der Waals surface area contributed by atoms with E-state index < -0.39 is 0 Å². The zero-order valence-electron chi connectivity index (χ0n) is 11.9. The fourth-order valence-corrected chi connectivity index (χ4v) is 2.11. The van der Waals surface area contributed by atoms with Gasteiger partial charge in [0.25, 0.3) is 0 Å². The van der Waals surface area contributed by atoms with Crippen molar-refractivity contribution in [2.45, 2.75) is 13.2 Å². The highest BCUT2D eigenvalue weighted by atomic mass is 16.5. The van der Waals surface area contributed by atoms with Crippen LogP contribution in [0.25, 0.3) is 0 Å². The van der Waals surface area contributed by atoms with Crippen LogP contribution in [0.15, 0.2) is 53.7 Å². The Morgan fingerprint density at radius 2 is 2.05 bits per heavy atom. The Labute approximate surface area is 124 Å². The molecule has 4 N–H and O–H groups in total. The van der Waals surface area contributed by atoms with E-state index in [0.29, 0.717) is 13.2 Å². The first kappa shape index (κ1) is 14.9. The molecule has 0 aromatic heterocycles. The Bertz CT molecular complexity index is 626. The SMILES string of the molecule is COCc1cccc(NCc2ccccc2C(N)=NO)c1. The van der Waals surface area contributed by atoms with Gasteiger partial charge in [0.15, 0.2) is 5.84 Å². The van der Waals surface area contributed by atoms with Gasteiger partial charge in [-0.05, 0) is 23.3 Å². The van der Waals surface area contributed by atoms with E-state index in [-0.39, 0.29) is 5.84 Å². The number of hydrogen-bond acceptors (Lipinski definition) is 4. The van der Waals surface area contributed by atoms with Gasteiger partial charge in [0, 0.05) is 24.9 Å². The van der Waals surface area contributed by atoms with Crippen LogP contribution in [0.1, 0.15) is 16.7 Å². The summed E-state index contributed by atoms with van der Waals surface area (Å²) < 4.78 is 5.12. The molecule has 0 saturated carbocycles. The van der Waals surface area contributed by atoms with Gasteiger partial charge >= 0.3 is 0 Å². The first-order valence-corrected chi connectivity index (χ1v) is 6.62. The molecule has 0 atom stereocenters. The summed E-state index contributed by atoms with van der Waals surface area (Å²) in [4.78, 5) is 0. The fraction of sp³-hybridized carbons (Fsp3) is 0.188. The maximum atomic E-state index is 8.82. The molecular formula is C16H19N3O2. The summed E-state index contributed by atoms with van der Waals surface area (Å²) in [6, 6.07) is 15.6. The van der Waals surface area contributed by atoms with Gasteiger partial charge < -0.3 is 21.0 Å². The second kappa shape index (κ2) is 7.31. The fourth-order valence-electron chi connectivity index (χ4n) is 2.11. The molecule has 2 rings (SSSR count). The quantitative estimate of drug-likeness (QED) is 0.330. The van der Waals surface area contributed by atoms with Crippen LogP contribution in [0, 0.1) is 0 Å². The van der Waals surface area contributed by atoms with Gasteiger partial charge in [0.2, 0.25) is 0 Å². The predicted octanol–water partition coefficient (Wildman–Crippen LogP) is 2.54. The van der Waals surface area contributed by atoms with E-state index in [4.69, 9.17) is 15.7 Å². The zero-order valence-corrected chi connectivity index (χ0v) is 11.9. The molecule has 0 amide bonds. The first-order valence-electron chi connectivity index (χ1n) is 6.62. The number of hydrogen-bond donors (Lipinski definition) is 3. The zero-order chi connectivity index (χ0) is 15.1. The van der Waals surface area contributed by atoms with Gasteiger partial charge in [0.05, 0.1) is 6.61 Å². The van der Waals surface area contributed by atoms with Crippen LogP contribution in [0.5, 0.6) is 0 Å². The van der Waals surface area contributed by atoms with Crippen LogP contribution >= 0.6 is 0 Å². The second-order valence-electron chi connectivity index (χ2n) is 4.63. The van der Waals surface area contributed by atoms with Crippen LogP contribution in [-0.4, -0.2) is 18.2 Å². The molecule has 2 aromatic rings. The first-order chi connectivity index (χ1) is 10.2. The number of benzene rings is 2. The molecule has 21 heavy (non-hydrogen) atoms. The molecule has 110 valence electrons. The minimum Gasteiger partial charge on any atom is -0.409 e. The standard InChI is InChI=1S/C16H19N3O2/c1-21-11-12-5-4-7-14(9-12)18-10-13-6-2-3-8-15(13)16(17)19-20/h2-9,18,20H,10-11H2,1H3,(H2,17,19). The van der Waals surface area contributed by atoms with E-state index in [2.05, 4.69) is 10.5 Å². The summed E-state index contributed by atoms with van der Waals surface area (Å²) in [5, 5.41) is 15.2. The number of ether oxygens (including phenoxy) is 1. The molecular weight excluding hydrogens is 266 g/mol. The number of nitrogens with two attached hydrogens (primary N) is 1. The Morgan fingerprint density at radius 3 is 2.81 bits per heavy atom. The lowest BCUT2D eigenvalue weighted by molar-refractivity contribution is 0.185. The molecule has 5 nitrogen and oxygen atoms in total. The monoisotopic (exact) mass is 285 g/mol. The van der Waals surface area contributed by atoms with Gasteiger partial charge in [-0.1, -0.05) is 41.6 Å². The minimum atomic E-state index is 0.112. The maximum absolute atomic E-state index is 8.82. The molecule has 0 heterocycles. The van der Waals surface area contributed by atoms with E-state index in [1.165, 1.54) is 0 Å². The molecule has 0 bridgehead atoms. The number of anilines is 1. The van der Waals surface area contributed by atoms with Crippen LogP contribution in [0.4, 0.5) is 5.69 Å². The van der Waals surface area contributed by atoms with Gasteiger partial charge in [-0.2, -0.15) is 0 Å². The van der Waals surface area contributed by atoms with Crippen molar-refractivity contribution in [1.82, 2.24) is 0 Å². The number of rotatable bonds is 6. The lowest BCUT2D eigenvalue weighted by Gasteiger charge is -2.11. The average molecular weight is 285 g/mol. The average Bonchev–Trinajstić information content (AvgIpc) is 2.53. The molecule has 5 heteroatoms. The Kier molecular flexibility index (Phi) is 5.17. The van der Waals surface area contributed by atoms with Crippen LogP contribution in [0.3, 0.4) is 0 Å². The third-order valence-corrected chi connectivity index (χ3v) is 3.12. The van der Waals surface area contributed by atoms with Gasteiger partial charge in [0.1, 0.15) is 0 Å². The normalized spacial score (nSPS) is 11.4. The largest absolute Gasteiger partial charge is 0.409 e. The molecule has 0 fully saturated rings. The summed E-state index contributed by atoms with van der Waals surface area (Å²) in [6.07, 6.45) is 0. The third kappa shape index (κ3) is 3.97. The minimum absolute atomic E-state index is 0.112. The van der Waals surface area contributed by atoms with Crippen molar-refractivity contribution in [3.8, 4) is 0 Å². The highest BCUT2D eigenvalue weighted by Gasteiger charge is 2.06. The van der Waals surface area contributed by atoms with Crippen LogP contribution in [-0.2, 0) is 17.9 Å². The maximum Gasteiger partial charge on any atom is 0.170 e. The van der Waals surface area contributed by atoms with Crippen molar-refractivity contribution in [2.75, 3.05) is 12.4 Å². The van der Waals surface area contributed by atoms with E-state index in [1.807, 2.05) is 48.5 Å². The lowest BCUT2D eigenvalue weighted by atomic mass is 10.1. The summed E-state index contributed by atoms with van der Waals surface area (Å²) in [5.41, 5.74) is 9.47. The van der Waals surface area contributed by atoms with Crippen molar-refractivity contribution in [1.29, 1.82) is 0 Å². The summed E-state index contributed by atoms with van der Waals surface area (Å²) in [5.74, 6) is 0.112. The summed E-state index contributed by atoms with van der Waals surface area (Å²) in [7, 11) is 1.67. The number of nitrogens with one attached hydrogen (secondary N) is 1. The highest BCUT2D eigenvalue weighted by Crippen LogP contribution is 2.15. The highest BCUT2D eigenvalue weighted by molar-refractivity contribution is 5.98. The van der Waals surface area contributed by atoms with Crippen molar-refractivity contribution >= 4 is 11.5 Å². The third-order valence-electron chi connectivity index (χ3n) is 3.12. The smallest absolute Gasteiger partial charge is 0.170 e. The van der Waals surface area contributed by atoms with E-state index >= 15 is 0 Å².